The van der Waals surface area contributed by atoms with Crippen LogP contribution >= 0.6 is 0 Å². The van der Waals surface area contributed by atoms with Gasteiger partial charge in [-0.25, -0.2) is 9.37 Å². The first-order valence-electron chi connectivity index (χ1n) is 8.58. The van der Waals surface area contributed by atoms with Crippen molar-refractivity contribution in [1.29, 1.82) is 0 Å². The zero-order chi connectivity index (χ0) is 18.2. The van der Waals surface area contributed by atoms with Gasteiger partial charge in [0, 0.05) is 5.56 Å². The van der Waals surface area contributed by atoms with E-state index in [2.05, 4.69) is 15.1 Å². The molecule has 5 rings (SSSR count). The number of rotatable bonds is 3. The topological polar surface area (TPSA) is 66.0 Å². The highest BCUT2D eigenvalue weighted by Crippen LogP contribution is 2.32. The minimum Gasteiger partial charge on any atom is -0.365 e. The average Bonchev–Trinajstić information content (AvgIpc) is 3.35. The summed E-state index contributed by atoms with van der Waals surface area (Å²) in [4.78, 5) is 8.89. The number of nitrogens with zero attached hydrogens (tertiary/aromatic N) is 4. The fourth-order valence-electron chi connectivity index (χ4n) is 3.24. The summed E-state index contributed by atoms with van der Waals surface area (Å²) in [6.45, 7) is 0.880. The highest BCUT2D eigenvalue weighted by Gasteiger charge is 2.26. The Morgan fingerprint density at radius 3 is 2.81 bits per heavy atom. The van der Waals surface area contributed by atoms with Crippen LogP contribution in [-0.2, 0) is 17.9 Å². The van der Waals surface area contributed by atoms with Crippen molar-refractivity contribution in [3.8, 4) is 23.0 Å². The fraction of sp³-hybridized carbons (Fsp3) is 0.150. The second-order valence-corrected chi connectivity index (χ2v) is 6.34. The monoisotopic (exact) mass is 362 g/mol. The highest BCUT2D eigenvalue weighted by molar-refractivity contribution is 5.58. The molecule has 0 bridgehead atoms. The molecule has 1 atom stereocenters. The van der Waals surface area contributed by atoms with Crippen molar-refractivity contribution in [1.82, 2.24) is 19.7 Å². The number of halogens is 1. The van der Waals surface area contributed by atoms with Gasteiger partial charge in [-0.05, 0) is 17.7 Å². The quantitative estimate of drug-likeness (QED) is 0.551. The highest BCUT2D eigenvalue weighted by atomic mass is 19.1. The van der Waals surface area contributed by atoms with E-state index in [0.717, 1.165) is 16.8 Å². The molecule has 1 aliphatic heterocycles. The third kappa shape index (κ3) is 2.92. The van der Waals surface area contributed by atoms with Crippen LogP contribution < -0.4 is 0 Å². The maximum absolute atomic E-state index is 13.5. The van der Waals surface area contributed by atoms with Crippen LogP contribution in [0.3, 0.4) is 0 Å². The van der Waals surface area contributed by atoms with E-state index in [4.69, 9.17) is 9.26 Å². The lowest BCUT2D eigenvalue weighted by atomic mass is 10.1. The molecule has 134 valence electrons. The summed E-state index contributed by atoms with van der Waals surface area (Å²) < 4.78 is 26.8. The molecule has 4 aromatic rings. The summed E-state index contributed by atoms with van der Waals surface area (Å²) in [5.74, 6) is 0.602. The Morgan fingerprint density at radius 1 is 1.07 bits per heavy atom. The first-order chi connectivity index (χ1) is 13.3. The third-order valence-electron chi connectivity index (χ3n) is 4.61. The molecule has 0 fully saturated rings. The molecule has 1 aliphatic rings. The summed E-state index contributed by atoms with van der Waals surface area (Å²) in [6, 6.07) is 16.1. The molecule has 0 saturated heterocycles. The zero-order valence-electron chi connectivity index (χ0n) is 14.2. The molecule has 7 heteroatoms. The lowest BCUT2D eigenvalue weighted by Crippen LogP contribution is -2.20. The first-order valence-corrected chi connectivity index (χ1v) is 8.58. The molecule has 2 aromatic carbocycles. The van der Waals surface area contributed by atoms with E-state index in [0.29, 0.717) is 30.6 Å². The van der Waals surface area contributed by atoms with Crippen LogP contribution in [-0.4, -0.2) is 19.7 Å². The molecular weight excluding hydrogens is 347 g/mol. The van der Waals surface area contributed by atoms with Crippen molar-refractivity contribution in [2.45, 2.75) is 19.3 Å². The van der Waals surface area contributed by atoms with E-state index in [1.165, 1.54) is 12.1 Å². The molecule has 0 aliphatic carbocycles. The van der Waals surface area contributed by atoms with Crippen LogP contribution in [0.25, 0.3) is 23.0 Å². The molecule has 0 unspecified atom stereocenters. The molecular formula is C20H15FN4O2. The second-order valence-electron chi connectivity index (χ2n) is 6.34. The van der Waals surface area contributed by atoms with Crippen molar-refractivity contribution in [2.24, 2.45) is 0 Å². The van der Waals surface area contributed by atoms with Gasteiger partial charge in [-0.15, -0.1) is 0 Å². The van der Waals surface area contributed by atoms with Gasteiger partial charge in [0.2, 0.25) is 5.82 Å². The molecule has 3 heterocycles. The largest absolute Gasteiger partial charge is 0.365 e. The molecule has 6 nitrogen and oxygen atoms in total. The number of aromatic nitrogens is 4. The van der Waals surface area contributed by atoms with Gasteiger partial charge < -0.3 is 13.8 Å². The molecule has 0 radical (unpaired) electrons. The smallest absolute Gasteiger partial charge is 0.278 e. The minimum atomic E-state index is -0.271. The maximum atomic E-state index is 13.5. The van der Waals surface area contributed by atoms with Crippen molar-refractivity contribution < 1.29 is 13.7 Å². The Balaban J connectivity index is 1.43. The van der Waals surface area contributed by atoms with Crippen LogP contribution in [0.4, 0.5) is 4.39 Å². The maximum Gasteiger partial charge on any atom is 0.278 e. The van der Waals surface area contributed by atoms with Gasteiger partial charge in [0.15, 0.2) is 5.69 Å². The number of ether oxygens (including phenoxy) is 1. The van der Waals surface area contributed by atoms with Gasteiger partial charge in [0.25, 0.3) is 5.89 Å². The first kappa shape index (κ1) is 15.9. The number of benzene rings is 2. The van der Waals surface area contributed by atoms with Crippen molar-refractivity contribution in [3.63, 3.8) is 0 Å². The summed E-state index contributed by atoms with van der Waals surface area (Å²) in [6.07, 6.45) is 1.50. The van der Waals surface area contributed by atoms with Gasteiger partial charge in [0.05, 0.1) is 25.2 Å². The molecule has 2 aromatic heterocycles. The zero-order valence-corrected chi connectivity index (χ0v) is 14.2. The Kier molecular flexibility index (Phi) is 3.79. The lowest BCUT2D eigenvalue weighted by molar-refractivity contribution is 0.00314. The van der Waals surface area contributed by atoms with Gasteiger partial charge in [-0.1, -0.05) is 47.6 Å². The molecule has 27 heavy (non-hydrogen) atoms. The van der Waals surface area contributed by atoms with Crippen LogP contribution in [0.5, 0.6) is 0 Å². The summed E-state index contributed by atoms with van der Waals surface area (Å²) in [7, 11) is 0. The van der Waals surface area contributed by atoms with Gasteiger partial charge >= 0.3 is 0 Å². The van der Waals surface area contributed by atoms with E-state index in [-0.39, 0.29) is 11.9 Å². The van der Waals surface area contributed by atoms with Crippen LogP contribution in [0.2, 0.25) is 0 Å². The minimum absolute atomic E-state index is 0.224. The normalized spacial score (nSPS) is 16.3. The Morgan fingerprint density at radius 2 is 1.96 bits per heavy atom. The number of hydrogen-bond acceptors (Lipinski definition) is 5. The third-order valence-corrected chi connectivity index (χ3v) is 4.61. The Labute approximate surface area is 154 Å². The summed E-state index contributed by atoms with van der Waals surface area (Å²) in [5, 5.41) is 4.05. The van der Waals surface area contributed by atoms with E-state index >= 15 is 0 Å². The van der Waals surface area contributed by atoms with Crippen LogP contribution in [0.1, 0.15) is 17.4 Å². The number of imidazole rings is 1. The molecule has 0 N–H and O–H groups in total. The summed E-state index contributed by atoms with van der Waals surface area (Å²) in [5.41, 5.74) is 3.16. The van der Waals surface area contributed by atoms with Crippen molar-refractivity contribution >= 4 is 0 Å². The SMILES string of the molecule is Fc1cccc([C@H]2Cn3cnc(-c4nc(-c5ccccc5)no4)c3CO2)c1. The Hall–Kier alpha value is -3.32. The van der Waals surface area contributed by atoms with E-state index in [9.17, 15) is 4.39 Å². The predicted molar refractivity (Wildman–Crippen MR) is 94.9 cm³/mol. The van der Waals surface area contributed by atoms with Crippen molar-refractivity contribution in [2.75, 3.05) is 0 Å². The number of fused-ring (bicyclic) bond motifs is 1. The Bertz CT molecular complexity index is 1090. The average molecular weight is 362 g/mol. The van der Waals surface area contributed by atoms with Gasteiger partial charge in [-0.2, -0.15) is 4.98 Å². The number of hydrogen-bond donors (Lipinski definition) is 0. The van der Waals surface area contributed by atoms with Gasteiger partial charge in [0.1, 0.15) is 11.9 Å². The molecule has 0 amide bonds. The van der Waals surface area contributed by atoms with Gasteiger partial charge in [-0.3, -0.25) is 0 Å². The predicted octanol–water partition coefficient (Wildman–Crippen LogP) is 4.01. The van der Waals surface area contributed by atoms with Crippen molar-refractivity contribution in [3.05, 3.63) is 78.0 Å². The van der Waals surface area contributed by atoms with E-state index in [1.807, 2.05) is 41.0 Å². The lowest BCUT2D eigenvalue weighted by Gasteiger charge is -2.25. The standard InChI is InChI=1S/C20H15FN4O2/c21-15-8-4-7-14(9-15)17-10-25-12-22-18(16(25)11-26-17)20-23-19(24-27-20)13-5-2-1-3-6-13/h1-9,12,17H,10-11H2/t17-/m1/s1. The molecule has 0 spiro atoms. The second kappa shape index (κ2) is 6.44. The van der Waals surface area contributed by atoms with E-state index < -0.39 is 0 Å². The van der Waals surface area contributed by atoms with Crippen LogP contribution in [0, 0.1) is 5.82 Å². The van der Waals surface area contributed by atoms with Crippen LogP contribution in [0.15, 0.2) is 65.4 Å². The van der Waals surface area contributed by atoms with E-state index in [1.54, 1.807) is 12.4 Å². The fourth-order valence-corrected chi connectivity index (χ4v) is 3.24. The summed E-state index contributed by atoms with van der Waals surface area (Å²) >= 11 is 0. The molecule has 0 saturated carbocycles.